The van der Waals surface area contributed by atoms with Gasteiger partial charge < -0.3 is 34.9 Å². The molecule has 0 spiro atoms. The molecule has 8 nitrogen and oxygen atoms in total. The molecule has 0 radical (unpaired) electrons. The van der Waals surface area contributed by atoms with Gasteiger partial charge >= 0.3 is 0 Å². The smallest absolute Gasteiger partial charge is 0.223 e. The standard InChI is InChI=1S/C23H28N2O6S/c1-13(25(2,3)22-20(28)18(26)19(27)21(31-22)23(29)30)12-24-14-8-4-6-10-16(14)32-17-11-7-5-9-15(17)24/h4-11,13,18-22,26-28H,12H2,1-3H3. The Bertz CT molecular complexity index is 956. The van der Waals surface area contributed by atoms with Gasteiger partial charge in [0.15, 0.2) is 6.10 Å². The van der Waals surface area contributed by atoms with Gasteiger partial charge in [0.05, 0.1) is 38.0 Å². The summed E-state index contributed by atoms with van der Waals surface area (Å²) in [7, 11) is 3.62. The fraction of sp³-hybridized carbons (Fsp3) is 0.435. The van der Waals surface area contributed by atoms with Crippen LogP contribution in [0.3, 0.4) is 0 Å². The van der Waals surface area contributed by atoms with Gasteiger partial charge in [-0.3, -0.25) is 4.48 Å². The molecular formula is C23H28N2O6S. The van der Waals surface area contributed by atoms with Gasteiger partial charge in [-0.25, -0.2) is 0 Å². The number of aliphatic carboxylic acids is 1. The third-order valence-electron chi connectivity index (χ3n) is 6.59. The van der Waals surface area contributed by atoms with Gasteiger partial charge in [-0.15, -0.1) is 0 Å². The monoisotopic (exact) mass is 460 g/mol. The average molecular weight is 461 g/mol. The zero-order valence-corrected chi connectivity index (χ0v) is 19.0. The van der Waals surface area contributed by atoms with Crippen LogP contribution in [0.5, 0.6) is 0 Å². The number of quaternary nitrogens is 1. The van der Waals surface area contributed by atoms with Crippen LogP contribution in [-0.4, -0.2) is 83.1 Å². The Morgan fingerprint density at radius 2 is 1.56 bits per heavy atom. The van der Waals surface area contributed by atoms with Crippen LogP contribution in [-0.2, 0) is 9.53 Å². The van der Waals surface area contributed by atoms with E-state index >= 15 is 0 Å². The first-order valence-electron chi connectivity index (χ1n) is 10.5. The van der Waals surface area contributed by atoms with E-state index in [2.05, 4.69) is 29.2 Å². The topological polar surface area (TPSA) is 113 Å². The highest BCUT2D eigenvalue weighted by Gasteiger charge is 2.52. The van der Waals surface area contributed by atoms with Crippen LogP contribution in [0.4, 0.5) is 11.4 Å². The average Bonchev–Trinajstić information content (AvgIpc) is 2.76. The van der Waals surface area contributed by atoms with Crippen LogP contribution in [0.1, 0.15) is 6.92 Å². The van der Waals surface area contributed by atoms with Crippen LogP contribution in [0.25, 0.3) is 0 Å². The predicted molar refractivity (Wildman–Crippen MR) is 117 cm³/mol. The van der Waals surface area contributed by atoms with Crippen molar-refractivity contribution in [3.63, 3.8) is 0 Å². The number of anilines is 2. The highest BCUT2D eigenvalue weighted by Crippen LogP contribution is 2.48. The number of nitrogens with zero attached hydrogens (tertiary/aromatic N) is 2. The number of likely N-dealkylation sites (N-methyl/N-ethyl adjacent to an activating group) is 1. The number of carbonyl (C=O) groups excluding carboxylic acids is 1. The number of aliphatic hydroxyl groups excluding tert-OH is 3. The summed E-state index contributed by atoms with van der Waals surface area (Å²) < 4.78 is 5.64. The maximum absolute atomic E-state index is 11.4. The number of para-hydroxylation sites is 2. The molecule has 172 valence electrons. The van der Waals surface area contributed by atoms with Crippen molar-refractivity contribution in [1.29, 1.82) is 0 Å². The van der Waals surface area contributed by atoms with Crippen molar-refractivity contribution in [3.05, 3.63) is 48.5 Å². The van der Waals surface area contributed by atoms with E-state index in [-0.39, 0.29) is 10.5 Å². The van der Waals surface area contributed by atoms with Crippen molar-refractivity contribution in [2.75, 3.05) is 25.5 Å². The van der Waals surface area contributed by atoms with Gasteiger partial charge in [0, 0.05) is 9.79 Å². The SMILES string of the molecule is CC(CN1c2ccccc2Sc2ccccc21)[N+](C)(C)C1OC(C(=O)[O-])C(O)C(O)C1O. The van der Waals surface area contributed by atoms with Crippen molar-refractivity contribution in [2.45, 2.75) is 53.4 Å². The maximum atomic E-state index is 11.4. The van der Waals surface area contributed by atoms with E-state index in [0.29, 0.717) is 6.54 Å². The first-order valence-corrected chi connectivity index (χ1v) is 11.3. The minimum absolute atomic E-state index is 0.0582. The van der Waals surface area contributed by atoms with Crippen molar-refractivity contribution in [2.24, 2.45) is 0 Å². The van der Waals surface area contributed by atoms with Gasteiger partial charge in [0.25, 0.3) is 0 Å². The Morgan fingerprint density at radius 3 is 2.09 bits per heavy atom. The van der Waals surface area contributed by atoms with Gasteiger partial charge in [-0.05, 0) is 31.2 Å². The molecule has 2 aromatic carbocycles. The second kappa shape index (κ2) is 8.66. The molecule has 3 N–H and O–H groups in total. The van der Waals surface area contributed by atoms with E-state index in [1.807, 2.05) is 45.3 Å². The number of rotatable bonds is 5. The number of fused-ring (bicyclic) bond motifs is 2. The van der Waals surface area contributed by atoms with E-state index in [9.17, 15) is 25.2 Å². The molecule has 2 heterocycles. The second-order valence-electron chi connectivity index (χ2n) is 8.86. The molecule has 0 aromatic heterocycles. The van der Waals surface area contributed by atoms with Crippen molar-refractivity contribution in [3.8, 4) is 0 Å². The largest absolute Gasteiger partial charge is 0.547 e. The summed E-state index contributed by atoms with van der Waals surface area (Å²) >= 11 is 1.71. The fourth-order valence-electron chi connectivity index (χ4n) is 4.31. The number of carboxylic acids is 1. The Balaban J connectivity index is 1.64. The Hall–Kier alpha value is -2.14. The minimum atomic E-state index is -1.76. The summed E-state index contributed by atoms with van der Waals surface area (Å²) in [6, 6.07) is 16.1. The molecule has 2 aromatic rings. The molecule has 2 aliphatic rings. The summed E-state index contributed by atoms with van der Waals surface area (Å²) in [4.78, 5) is 15.9. The van der Waals surface area contributed by atoms with E-state index in [0.717, 1.165) is 21.2 Å². The van der Waals surface area contributed by atoms with Gasteiger partial charge in [-0.1, -0.05) is 36.0 Å². The molecule has 0 aliphatic carbocycles. The molecule has 1 saturated heterocycles. The van der Waals surface area contributed by atoms with E-state index in [4.69, 9.17) is 4.74 Å². The van der Waals surface area contributed by atoms with Crippen molar-refractivity contribution < 1.29 is 34.4 Å². The van der Waals surface area contributed by atoms with Crippen molar-refractivity contribution in [1.82, 2.24) is 0 Å². The molecular weight excluding hydrogens is 432 g/mol. The summed E-state index contributed by atoms with van der Waals surface area (Å²) in [5.74, 6) is -1.63. The zero-order valence-electron chi connectivity index (χ0n) is 18.2. The molecule has 6 unspecified atom stereocenters. The fourth-order valence-corrected chi connectivity index (χ4v) is 5.41. The van der Waals surface area contributed by atoms with E-state index in [1.165, 1.54) is 0 Å². The lowest BCUT2D eigenvalue weighted by molar-refractivity contribution is -0.963. The maximum Gasteiger partial charge on any atom is 0.223 e. The Morgan fingerprint density at radius 1 is 1.03 bits per heavy atom. The zero-order chi connectivity index (χ0) is 23.2. The summed E-state index contributed by atoms with van der Waals surface area (Å²) in [6.07, 6.45) is -7.69. The third kappa shape index (κ3) is 3.89. The first kappa shape index (κ1) is 23.0. The number of hydrogen-bond donors (Lipinski definition) is 3. The van der Waals surface area contributed by atoms with Crippen LogP contribution in [0, 0.1) is 0 Å². The van der Waals surface area contributed by atoms with Gasteiger partial charge in [-0.2, -0.15) is 0 Å². The number of carbonyl (C=O) groups is 1. The van der Waals surface area contributed by atoms with Crippen LogP contribution in [0.2, 0.25) is 0 Å². The molecule has 32 heavy (non-hydrogen) atoms. The predicted octanol–water partition coefficient (Wildman–Crippen LogP) is 0.312. The Labute approximate surface area is 191 Å². The minimum Gasteiger partial charge on any atom is -0.547 e. The number of hydrogen-bond acceptors (Lipinski definition) is 8. The van der Waals surface area contributed by atoms with E-state index in [1.54, 1.807) is 11.8 Å². The number of aliphatic hydroxyl groups is 3. The molecule has 4 rings (SSSR count). The highest BCUT2D eigenvalue weighted by atomic mass is 32.2. The lowest BCUT2D eigenvalue weighted by Crippen LogP contribution is -2.71. The van der Waals surface area contributed by atoms with Crippen LogP contribution < -0.4 is 10.0 Å². The molecule has 0 bridgehead atoms. The summed E-state index contributed by atoms with van der Waals surface area (Å²) in [5.41, 5.74) is 2.13. The van der Waals surface area contributed by atoms with Crippen molar-refractivity contribution >= 4 is 29.1 Å². The molecule has 2 aliphatic heterocycles. The summed E-state index contributed by atoms with van der Waals surface area (Å²) in [5, 5.41) is 42.4. The molecule has 0 amide bonds. The number of carboxylic acid groups (broad SMARTS) is 1. The van der Waals surface area contributed by atoms with Gasteiger partial charge in [0.1, 0.15) is 24.4 Å². The third-order valence-corrected chi connectivity index (χ3v) is 7.72. The quantitative estimate of drug-likeness (QED) is 0.547. The molecule has 1 fully saturated rings. The Kier molecular flexibility index (Phi) is 6.23. The lowest BCUT2D eigenvalue weighted by atomic mass is 9.96. The first-order chi connectivity index (χ1) is 15.1. The van der Waals surface area contributed by atoms with Gasteiger partial charge in [0.2, 0.25) is 6.23 Å². The van der Waals surface area contributed by atoms with Crippen LogP contribution >= 0.6 is 11.8 Å². The highest BCUT2D eigenvalue weighted by molar-refractivity contribution is 7.99. The number of ether oxygens (including phenoxy) is 1. The molecule has 9 heteroatoms. The van der Waals surface area contributed by atoms with E-state index < -0.39 is 36.6 Å². The molecule has 0 saturated carbocycles. The van der Waals surface area contributed by atoms with Crippen LogP contribution in [0.15, 0.2) is 58.3 Å². The number of benzene rings is 2. The lowest BCUT2D eigenvalue weighted by Gasteiger charge is -2.50. The second-order valence-corrected chi connectivity index (χ2v) is 9.95. The summed E-state index contributed by atoms with van der Waals surface area (Å²) in [6.45, 7) is 2.53. The normalized spacial score (nSPS) is 28.6. The molecule has 6 atom stereocenters.